The highest BCUT2D eigenvalue weighted by Crippen LogP contribution is 2.29. The molecule has 0 heterocycles. The fraction of sp³-hybridized carbons (Fsp3) is 0.481. The first-order chi connectivity index (χ1) is 16.3. The zero-order chi connectivity index (χ0) is 26.4. The van der Waals surface area contributed by atoms with Crippen molar-refractivity contribution in [2.75, 3.05) is 33.8 Å². The van der Waals surface area contributed by atoms with Gasteiger partial charge in [0, 0.05) is 30.6 Å². The van der Waals surface area contributed by atoms with E-state index in [0.29, 0.717) is 17.7 Å². The summed E-state index contributed by atoms with van der Waals surface area (Å²) in [5, 5.41) is 43.0. The highest BCUT2D eigenvalue weighted by molar-refractivity contribution is 6.02. The van der Waals surface area contributed by atoms with Crippen LogP contribution in [0.2, 0.25) is 0 Å². The van der Waals surface area contributed by atoms with Crippen molar-refractivity contribution in [3.05, 3.63) is 70.8 Å². The molecule has 2 aromatic carbocycles. The largest absolute Gasteiger partial charge is 0.395 e. The number of benzene rings is 2. The van der Waals surface area contributed by atoms with Crippen LogP contribution in [-0.2, 0) is 0 Å². The van der Waals surface area contributed by atoms with Crippen molar-refractivity contribution in [2.24, 2.45) is 0 Å². The van der Waals surface area contributed by atoms with Crippen molar-refractivity contribution in [3.8, 4) is 0 Å². The average molecular weight is 487 g/mol. The van der Waals surface area contributed by atoms with Crippen LogP contribution < -0.4 is 5.32 Å². The fourth-order valence-electron chi connectivity index (χ4n) is 4.15. The molecule has 2 aromatic rings. The molecule has 0 aliphatic carbocycles. The SMILES string of the molecule is CNCC(O)CC(C)(O)C(=O)c1ccc(C(c2ccc(C(=O)C(C)(C)O)cc2)N(C)CCO)cc1. The number of likely N-dealkylation sites (N-methyl/N-ethyl adjacent to an activating group) is 2. The van der Waals surface area contributed by atoms with Gasteiger partial charge in [0.25, 0.3) is 0 Å². The van der Waals surface area contributed by atoms with E-state index in [9.17, 15) is 30.0 Å². The lowest BCUT2D eigenvalue weighted by Gasteiger charge is -2.29. The highest BCUT2D eigenvalue weighted by Gasteiger charge is 2.33. The number of aliphatic hydroxyl groups excluding tert-OH is 2. The highest BCUT2D eigenvalue weighted by atomic mass is 16.3. The molecule has 5 N–H and O–H groups in total. The first-order valence-corrected chi connectivity index (χ1v) is 11.7. The number of Topliss-reactive ketones (excluding diaryl/α,β-unsaturated/α-hetero) is 2. The van der Waals surface area contributed by atoms with Crippen LogP contribution in [0.3, 0.4) is 0 Å². The summed E-state index contributed by atoms with van der Waals surface area (Å²) in [6.07, 6.45) is -0.951. The molecule has 8 nitrogen and oxygen atoms in total. The Morgan fingerprint density at radius 1 is 0.914 bits per heavy atom. The zero-order valence-electron chi connectivity index (χ0n) is 21.2. The summed E-state index contributed by atoms with van der Waals surface area (Å²) in [7, 11) is 3.55. The molecule has 0 aliphatic heterocycles. The van der Waals surface area contributed by atoms with E-state index in [0.717, 1.165) is 11.1 Å². The summed E-state index contributed by atoms with van der Waals surface area (Å²) in [6, 6.07) is 13.6. The minimum atomic E-state index is -1.71. The minimum absolute atomic E-state index is 0.0450. The Bertz CT molecular complexity index is 980. The zero-order valence-corrected chi connectivity index (χ0v) is 21.2. The third kappa shape index (κ3) is 7.51. The summed E-state index contributed by atoms with van der Waals surface area (Å²) in [5.74, 6) is -0.854. The molecule has 192 valence electrons. The monoisotopic (exact) mass is 486 g/mol. The third-order valence-electron chi connectivity index (χ3n) is 5.99. The van der Waals surface area contributed by atoms with Gasteiger partial charge in [-0.25, -0.2) is 0 Å². The maximum Gasteiger partial charge on any atom is 0.194 e. The first kappa shape index (κ1) is 28.8. The lowest BCUT2D eigenvalue weighted by atomic mass is 9.88. The first-order valence-electron chi connectivity index (χ1n) is 11.7. The van der Waals surface area contributed by atoms with Crippen LogP contribution in [-0.4, -0.2) is 88.0 Å². The molecule has 8 heteroatoms. The lowest BCUT2D eigenvalue weighted by molar-refractivity contribution is 0.0108. The van der Waals surface area contributed by atoms with Gasteiger partial charge in [0.15, 0.2) is 11.6 Å². The van der Waals surface area contributed by atoms with E-state index < -0.39 is 23.1 Å². The molecule has 0 spiro atoms. The van der Waals surface area contributed by atoms with Gasteiger partial charge in [-0.05, 0) is 46.0 Å². The molecule has 0 saturated carbocycles. The van der Waals surface area contributed by atoms with E-state index in [1.807, 2.05) is 24.1 Å². The van der Waals surface area contributed by atoms with Crippen LogP contribution in [0.15, 0.2) is 48.5 Å². The van der Waals surface area contributed by atoms with Gasteiger partial charge < -0.3 is 25.7 Å². The number of nitrogens with zero attached hydrogens (tertiary/aromatic N) is 1. The van der Waals surface area contributed by atoms with Gasteiger partial charge in [0.2, 0.25) is 0 Å². The molecule has 0 aliphatic rings. The van der Waals surface area contributed by atoms with Crippen molar-refractivity contribution in [1.82, 2.24) is 10.2 Å². The Morgan fingerprint density at radius 2 is 1.37 bits per heavy atom. The molecule has 0 bridgehead atoms. The Morgan fingerprint density at radius 3 is 1.77 bits per heavy atom. The van der Waals surface area contributed by atoms with Crippen LogP contribution >= 0.6 is 0 Å². The van der Waals surface area contributed by atoms with Gasteiger partial charge in [-0.3, -0.25) is 14.5 Å². The average Bonchev–Trinajstić information content (AvgIpc) is 2.78. The predicted octanol–water partition coefficient (Wildman–Crippen LogP) is 1.56. The van der Waals surface area contributed by atoms with Crippen LogP contribution in [0, 0.1) is 0 Å². The smallest absolute Gasteiger partial charge is 0.194 e. The van der Waals surface area contributed by atoms with Gasteiger partial charge >= 0.3 is 0 Å². The second-order valence-corrected chi connectivity index (χ2v) is 9.76. The normalized spacial score (nSPS) is 15.5. The predicted molar refractivity (Wildman–Crippen MR) is 135 cm³/mol. The topological polar surface area (TPSA) is 130 Å². The van der Waals surface area contributed by atoms with Gasteiger partial charge in [0.05, 0.1) is 18.8 Å². The Labute approximate surface area is 207 Å². The number of carbonyl (C=O) groups is 2. The summed E-state index contributed by atoms with van der Waals surface area (Å²) in [6.45, 7) is 4.91. The molecule has 3 atom stereocenters. The lowest BCUT2D eigenvalue weighted by Crippen LogP contribution is -2.41. The number of ketones is 2. The molecule has 3 unspecified atom stereocenters. The summed E-state index contributed by atoms with van der Waals surface area (Å²) in [5.41, 5.74) is -0.739. The van der Waals surface area contributed by atoms with Crippen LogP contribution in [0.5, 0.6) is 0 Å². The van der Waals surface area contributed by atoms with Gasteiger partial charge in [-0.1, -0.05) is 48.5 Å². The number of carbonyl (C=O) groups excluding carboxylic acids is 2. The van der Waals surface area contributed by atoms with E-state index in [1.54, 1.807) is 43.4 Å². The molecule has 0 amide bonds. The quantitative estimate of drug-likeness (QED) is 0.270. The Balaban J connectivity index is 2.33. The van der Waals surface area contributed by atoms with Crippen molar-refractivity contribution in [3.63, 3.8) is 0 Å². The van der Waals surface area contributed by atoms with E-state index >= 15 is 0 Å². The van der Waals surface area contributed by atoms with Crippen molar-refractivity contribution in [1.29, 1.82) is 0 Å². The summed E-state index contributed by atoms with van der Waals surface area (Å²) >= 11 is 0. The molecular weight excluding hydrogens is 448 g/mol. The Hall–Kier alpha value is -2.46. The van der Waals surface area contributed by atoms with Crippen LogP contribution in [0.4, 0.5) is 0 Å². The van der Waals surface area contributed by atoms with Crippen LogP contribution in [0.25, 0.3) is 0 Å². The minimum Gasteiger partial charge on any atom is -0.395 e. The van der Waals surface area contributed by atoms with E-state index in [4.69, 9.17) is 0 Å². The molecule has 35 heavy (non-hydrogen) atoms. The molecule has 0 saturated heterocycles. The second-order valence-electron chi connectivity index (χ2n) is 9.76. The van der Waals surface area contributed by atoms with Gasteiger partial charge in [-0.2, -0.15) is 0 Å². The van der Waals surface area contributed by atoms with Crippen LogP contribution in [0.1, 0.15) is 65.1 Å². The van der Waals surface area contributed by atoms with Gasteiger partial charge in [-0.15, -0.1) is 0 Å². The van der Waals surface area contributed by atoms with Crippen molar-refractivity contribution in [2.45, 2.75) is 50.5 Å². The Kier molecular flexibility index (Phi) is 9.85. The molecular formula is C27H38N2O6. The maximum atomic E-state index is 12.9. The fourth-order valence-corrected chi connectivity index (χ4v) is 4.15. The van der Waals surface area contributed by atoms with E-state index in [2.05, 4.69) is 5.32 Å². The standard InChI is InChI=1S/C27H38N2O6/c1-26(2,34)24(32)20-10-6-18(7-11-20)23(29(5)14-15-30)19-8-12-21(13-9-19)25(33)27(3,35)16-22(31)17-28-4/h6-13,22-23,28,30-31,34-35H,14-17H2,1-5H3. The summed E-state index contributed by atoms with van der Waals surface area (Å²) in [4.78, 5) is 27.2. The number of hydrogen-bond acceptors (Lipinski definition) is 8. The molecule has 2 rings (SSSR count). The second kappa shape index (κ2) is 12.0. The van der Waals surface area contributed by atoms with Crippen molar-refractivity contribution >= 4 is 11.6 Å². The van der Waals surface area contributed by atoms with E-state index in [1.165, 1.54) is 20.8 Å². The maximum absolute atomic E-state index is 12.9. The number of aliphatic hydroxyl groups is 4. The van der Waals surface area contributed by atoms with E-state index in [-0.39, 0.29) is 31.4 Å². The van der Waals surface area contributed by atoms with Gasteiger partial charge in [0.1, 0.15) is 11.2 Å². The molecule has 0 radical (unpaired) electrons. The molecule has 0 aromatic heterocycles. The summed E-state index contributed by atoms with van der Waals surface area (Å²) < 4.78 is 0. The number of nitrogens with one attached hydrogen (secondary N) is 1. The third-order valence-corrected chi connectivity index (χ3v) is 5.99. The number of rotatable bonds is 13. The van der Waals surface area contributed by atoms with Crippen molar-refractivity contribution < 1.29 is 30.0 Å². The number of hydrogen-bond donors (Lipinski definition) is 5. The molecule has 0 fully saturated rings.